The van der Waals surface area contributed by atoms with Crippen LogP contribution in [0.4, 0.5) is 0 Å². The highest BCUT2D eigenvalue weighted by molar-refractivity contribution is 5.95. The Labute approximate surface area is 144 Å². The highest BCUT2D eigenvalue weighted by Gasteiger charge is 2.34. The summed E-state index contributed by atoms with van der Waals surface area (Å²) in [7, 11) is 0. The first-order chi connectivity index (χ1) is 12.0. The quantitative estimate of drug-likeness (QED) is 0.722. The highest BCUT2D eigenvalue weighted by atomic mass is 16.2. The lowest BCUT2D eigenvalue weighted by Crippen LogP contribution is -2.52. The molecule has 0 N–H and O–H groups in total. The van der Waals surface area contributed by atoms with Gasteiger partial charge in [-0.3, -0.25) is 14.0 Å². The van der Waals surface area contributed by atoms with Crippen LogP contribution in [0.25, 0.3) is 5.65 Å². The normalized spacial score (nSPS) is 14.7. The molecule has 1 saturated heterocycles. The summed E-state index contributed by atoms with van der Waals surface area (Å²) in [4.78, 5) is 30.9. The van der Waals surface area contributed by atoms with Gasteiger partial charge in [-0.1, -0.05) is 6.07 Å². The van der Waals surface area contributed by atoms with Crippen molar-refractivity contribution in [3.8, 4) is 0 Å². The Bertz CT molecular complexity index is 1010. The minimum absolute atomic E-state index is 0.0167. The molecule has 1 amide bonds. The number of amides is 1. The Hall–Kier alpha value is -2.96. The van der Waals surface area contributed by atoms with E-state index in [1.165, 1.54) is 10.7 Å². The van der Waals surface area contributed by atoms with Crippen LogP contribution < -0.4 is 5.56 Å². The van der Waals surface area contributed by atoms with Crippen LogP contribution in [0.1, 0.15) is 21.9 Å². The van der Waals surface area contributed by atoms with Crippen molar-refractivity contribution in [3.63, 3.8) is 0 Å². The molecule has 1 fully saturated rings. The molecule has 0 aliphatic carbocycles. The standard InChI is InChI=1S/C18H19N5O2/c1-12-6-7-16(24)23(20-12)11-14-9-21(10-14)18(25)17-13(2)19-15-5-3-4-8-22(15)17/h3-8,14H,9-11H2,1-2H3. The summed E-state index contributed by atoms with van der Waals surface area (Å²) in [5.74, 6) is 0.229. The lowest BCUT2D eigenvalue weighted by molar-refractivity contribution is 0.0450. The Kier molecular flexibility index (Phi) is 3.63. The third kappa shape index (κ3) is 2.71. The van der Waals surface area contributed by atoms with E-state index in [4.69, 9.17) is 0 Å². The number of nitrogens with zero attached hydrogens (tertiary/aromatic N) is 5. The van der Waals surface area contributed by atoms with E-state index in [9.17, 15) is 9.59 Å². The Morgan fingerprint density at radius 1 is 1.20 bits per heavy atom. The predicted molar refractivity (Wildman–Crippen MR) is 92.6 cm³/mol. The van der Waals surface area contributed by atoms with Crippen molar-refractivity contribution in [2.45, 2.75) is 20.4 Å². The van der Waals surface area contributed by atoms with Crippen LogP contribution in [0, 0.1) is 19.8 Å². The Morgan fingerprint density at radius 2 is 2.00 bits per heavy atom. The molecule has 25 heavy (non-hydrogen) atoms. The molecule has 0 aromatic carbocycles. The second-order valence-electron chi connectivity index (χ2n) is 6.55. The minimum Gasteiger partial charge on any atom is -0.336 e. The zero-order valence-electron chi connectivity index (χ0n) is 14.2. The number of aromatic nitrogens is 4. The molecule has 0 atom stereocenters. The first-order valence-electron chi connectivity index (χ1n) is 8.30. The van der Waals surface area contributed by atoms with Crippen molar-refractivity contribution in [2.75, 3.05) is 13.1 Å². The van der Waals surface area contributed by atoms with E-state index in [2.05, 4.69) is 10.1 Å². The lowest BCUT2D eigenvalue weighted by Gasteiger charge is -2.39. The van der Waals surface area contributed by atoms with E-state index < -0.39 is 0 Å². The van der Waals surface area contributed by atoms with E-state index in [1.54, 1.807) is 11.0 Å². The van der Waals surface area contributed by atoms with Gasteiger partial charge in [0.2, 0.25) is 0 Å². The summed E-state index contributed by atoms with van der Waals surface area (Å²) in [5.41, 5.74) is 2.83. The molecule has 1 aliphatic heterocycles. The van der Waals surface area contributed by atoms with Crippen molar-refractivity contribution in [1.82, 2.24) is 24.1 Å². The van der Waals surface area contributed by atoms with Crippen LogP contribution in [0.3, 0.4) is 0 Å². The summed E-state index contributed by atoms with van der Waals surface area (Å²) < 4.78 is 3.32. The van der Waals surface area contributed by atoms with Gasteiger partial charge in [0.25, 0.3) is 11.5 Å². The second kappa shape index (κ2) is 5.84. The maximum atomic E-state index is 12.8. The van der Waals surface area contributed by atoms with Crippen LogP contribution in [-0.4, -0.2) is 43.1 Å². The maximum absolute atomic E-state index is 12.8. The molecule has 0 spiro atoms. The summed E-state index contributed by atoms with van der Waals surface area (Å²) in [6.07, 6.45) is 1.86. The monoisotopic (exact) mass is 337 g/mol. The van der Waals surface area contributed by atoms with Gasteiger partial charge in [-0.15, -0.1) is 0 Å². The van der Waals surface area contributed by atoms with Gasteiger partial charge in [0.15, 0.2) is 0 Å². The van der Waals surface area contributed by atoms with Gasteiger partial charge >= 0.3 is 0 Å². The summed E-state index contributed by atoms with van der Waals surface area (Å²) >= 11 is 0. The molecule has 0 radical (unpaired) electrons. The van der Waals surface area contributed by atoms with E-state index in [0.29, 0.717) is 25.3 Å². The zero-order valence-corrected chi connectivity index (χ0v) is 14.2. The molecule has 3 aromatic rings. The smallest absolute Gasteiger partial charge is 0.272 e. The molecule has 4 heterocycles. The van der Waals surface area contributed by atoms with E-state index >= 15 is 0 Å². The van der Waals surface area contributed by atoms with Crippen molar-refractivity contribution < 1.29 is 4.79 Å². The molecule has 4 rings (SSSR count). The fraction of sp³-hybridized carbons (Fsp3) is 0.333. The number of pyridine rings is 1. The summed E-state index contributed by atoms with van der Waals surface area (Å²) in [5, 5.41) is 4.26. The predicted octanol–water partition coefficient (Wildman–Crippen LogP) is 1.28. The minimum atomic E-state index is -0.104. The molecule has 128 valence electrons. The van der Waals surface area contributed by atoms with E-state index in [0.717, 1.165) is 17.0 Å². The first kappa shape index (κ1) is 15.6. The van der Waals surface area contributed by atoms with E-state index in [1.807, 2.05) is 42.6 Å². The number of hydrogen-bond acceptors (Lipinski definition) is 4. The Balaban J connectivity index is 1.48. The fourth-order valence-electron chi connectivity index (χ4n) is 3.30. The van der Waals surface area contributed by atoms with Crippen molar-refractivity contribution in [1.29, 1.82) is 0 Å². The number of carbonyl (C=O) groups excluding carboxylic acids is 1. The van der Waals surface area contributed by atoms with Gasteiger partial charge in [-0.05, 0) is 32.0 Å². The van der Waals surface area contributed by atoms with Gasteiger partial charge in [0, 0.05) is 31.3 Å². The number of likely N-dealkylation sites (tertiary alicyclic amines) is 1. The van der Waals surface area contributed by atoms with Gasteiger partial charge in [-0.2, -0.15) is 5.10 Å². The Morgan fingerprint density at radius 3 is 2.80 bits per heavy atom. The number of hydrogen-bond donors (Lipinski definition) is 0. The van der Waals surface area contributed by atoms with Gasteiger partial charge in [0.05, 0.1) is 17.9 Å². The summed E-state index contributed by atoms with van der Waals surface area (Å²) in [6.45, 7) is 5.50. The average Bonchev–Trinajstić information content (AvgIpc) is 2.88. The molecule has 0 unspecified atom stereocenters. The van der Waals surface area contributed by atoms with Crippen molar-refractivity contribution >= 4 is 11.6 Å². The molecular weight excluding hydrogens is 318 g/mol. The molecule has 7 heteroatoms. The largest absolute Gasteiger partial charge is 0.336 e. The zero-order chi connectivity index (χ0) is 17.6. The van der Waals surface area contributed by atoms with Crippen molar-refractivity contribution in [2.24, 2.45) is 5.92 Å². The molecule has 0 bridgehead atoms. The SMILES string of the molecule is Cc1ccc(=O)n(CC2CN(C(=O)c3c(C)nc4ccccn34)C2)n1. The second-order valence-corrected chi connectivity index (χ2v) is 6.55. The molecule has 3 aromatic heterocycles. The third-order valence-electron chi connectivity index (χ3n) is 4.58. The van der Waals surface area contributed by atoms with Crippen LogP contribution in [0.2, 0.25) is 0 Å². The number of carbonyl (C=O) groups is 1. The van der Waals surface area contributed by atoms with Crippen LogP contribution >= 0.6 is 0 Å². The number of fused-ring (bicyclic) bond motifs is 1. The fourth-order valence-corrected chi connectivity index (χ4v) is 3.30. The van der Waals surface area contributed by atoms with E-state index in [-0.39, 0.29) is 17.4 Å². The highest BCUT2D eigenvalue weighted by Crippen LogP contribution is 2.22. The topological polar surface area (TPSA) is 72.5 Å². The molecule has 7 nitrogen and oxygen atoms in total. The van der Waals surface area contributed by atoms with Crippen LogP contribution in [0.5, 0.6) is 0 Å². The average molecular weight is 337 g/mol. The maximum Gasteiger partial charge on any atom is 0.272 e. The third-order valence-corrected chi connectivity index (χ3v) is 4.58. The van der Waals surface area contributed by atoms with Gasteiger partial charge < -0.3 is 4.90 Å². The van der Waals surface area contributed by atoms with Crippen LogP contribution in [0.15, 0.2) is 41.3 Å². The molecule has 0 saturated carbocycles. The molecule has 1 aliphatic rings. The number of rotatable bonds is 3. The first-order valence-corrected chi connectivity index (χ1v) is 8.30. The van der Waals surface area contributed by atoms with Crippen molar-refractivity contribution in [3.05, 3.63) is 64.0 Å². The van der Waals surface area contributed by atoms with Gasteiger partial charge in [-0.25, -0.2) is 9.67 Å². The van der Waals surface area contributed by atoms with Crippen LogP contribution in [-0.2, 0) is 6.54 Å². The lowest BCUT2D eigenvalue weighted by atomic mass is 9.99. The molecular formula is C18H19N5O2. The summed E-state index contributed by atoms with van der Waals surface area (Å²) in [6, 6.07) is 8.93. The number of aryl methyl sites for hydroxylation is 2. The van der Waals surface area contributed by atoms with Gasteiger partial charge in [0.1, 0.15) is 11.3 Å². The number of imidazole rings is 1.